The summed E-state index contributed by atoms with van der Waals surface area (Å²) in [7, 11) is 0. The van der Waals surface area contributed by atoms with Crippen LogP contribution in [0, 0.1) is 0 Å². The van der Waals surface area contributed by atoms with Crippen LogP contribution in [0.1, 0.15) is 47.4 Å². The highest BCUT2D eigenvalue weighted by Gasteiger charge is 2.32. The summed E-state index contributed by atoms with van der Waals surface area (Å²) >= 11 is 0. The van der Waals surface area contributed by atoms with Crippen molar-refractivity contribution in [2.45, 2.75) is 32.5 Å². The predicted molar refractivity (Wildman–Crippen MR) is 71.0 cm³/mol. The zero-order valence-corrected chi connectivity index (χ0v) is 11.9. The molecule has 118 valence electrons. The first-order valence-corrected chi connectivity index (χ1v) is 6.61. The molecule has 0 saturated carbocycles. The van der Waals surface area contributed by atoms with E-state index in [1.165, 1.54) is 12.1 Å². The van der Waals surface area contributed by atoms with Crippen LogP contribution in [0.15, 0.2) is 28.9 Å². The average Bonchev–Trinajstić information content (AvgIpc) is 2.95. The van der Waals surface area contributed by atoms with Crippen molar-refractivity contribution in [2.75, 3.05) is 0 Å². The zero-order chi connectivity index (χ0) is 16.3. The molecule has 2 rings (SSSR count). The molecule has 0 saturated heterocycles. The number of halogens is 3. The Morgan fingerprint density at radius 3 is 2.64 bits per heavy atom. The topological polar surface area (TPSA) is 68.0 Å². The first kappa shape index (κ1) is 16.0. The van der Waals surface area contributed by atoms with E-state index in [1.54, 1.807) is 6.92 Å². The highest BCUT2D eigenvalue weighted by atomic mass is 19.4. The molecule has 0 aliphatic heterocycles. The van der Waals surface area contributed by atoms with E-state index < -0.39 is 23.8 Å². The Morgan fingerprint density at radius 2 is 2.14 bits per heavy atom. The van der Waals surface area contributed by atoms with E-state index >= 15 is 0 Å². The summed E-state index contributed by atoms with van der Waals surface area (Å²) < 4.78 is 42.2. The van der Waals surface area contributed by atoms with Crippen molar-refractivity contribution in [1.29, 1.82) is 0 Å². The molecule has 1 amide bonds. The Labute approximate surface area is 124 Å². The maximum Gasteiger partial charge on any atom is 0.433 e. The van der Waals surface area contributed by atoms with Crippen molar-refractivity contribution in [3.8, 4) is 0 Å². The molecule has 8 heteroatoms. The van der Waals surface area contributed by atoms with Gasteiger partial charge in [-0.05, 0) is 18.6 Å². The molecule has 22 heavy (non-hydrogen) atoms. The van der Waals surface area contributed by atoms with E-state index in [-0.39, 0.29) is 5.69 Å². The number of hydrogen-bond acceptors (Lipinski definition) is 4. The number of alkyl halides is 3. The Balaban J connectivity index is 2.05. The summed E-state index contributed by atoms with van der Waals surface area (Å²) in [5.41, 5.74) is -0.386. The van der Waals surface area contributed by atoms with Crippen molar-refractivity contribution in [2.24, 2.45) is 0 Å². The zero-order valence-electron chi connectivity index (χ0n) is 11.9. The van der Waals surface area contributed by atoms with Crippen LogP contribution >= 0.6 is 0 Å². The van der Waals surface area contributed by atoms with Gasteiger partial charge in [0.15, 0.2) is 5.69 Å². The number of hydrogen-bond donors (Lipinski definition) is 1. The first-order valence-electron chi connectivity index (χ1n) is 6.61. The number of carbonyl (C=O) groups is 1. The van der Waals surface area contributed by atoms with Gasteiger partial charge in [0.25, 0.3) is 5.91 Å². The fourth-order valence-electron chi connectivity index (χ4n) is 1.77. The molecule has 0 fully saturated rings. The van der Waals surface area contributed by atoms with Crippen molar-refractivity contribution in [1.82, 2.24) is 15.5 Å². The quantitative estimate of drug-likeness (QED) is 0.941. The third kappa shape index (κ3) is 3.63. The van der Waals surface area contributed by atoms with Crippen molar-refractivity contribution < 1.29 is 22.5 Å². The Bertz CT molecular complexity index is 650. The van der Waals surface area contributed by atoms with E-state index in [1.807, 2.05) is 6.92 Å². The van der Waals surface area contributed by atoms with Gasteiger partial charge in [0.2, 0.25) is 0 Å². The van der Waals surface area contributed by atoms with Gasteiger partial charge in [0, 0.05) is 18.7 Å². The van der Waals surface area contributed by atoms with Crippen LogP contribution in [0.25, 0.3) is 0 Å². The number of rotatable bonds is 4. The molecule has 0 aliphatic rings. The number of nitrogens with one attached hydrogen (secondary N) is 1. The molecule has 5 nitrogen and oxygen atoms in total. The van der Waals surface area contributed by atoms with E-state index in [9.17, 15) is 18.0 Å². The molecule has 2 aromatic heterocycles. The van der Waals surface area contributed by atoms with Gasteiger partial charge in [0.05, 0.1) is 6.04 Å². The molecule has 2 aromatic rings. The van der Waals surface area contributed by atoms with E-state index in [0.29, 0.717) is 17.7 Å². The second-order valence-corrected chi connectivity index (χ2v) is 4.70. The number of aromatic nitrogens is 2. The van der Waals surface area contributed by atoms with Gasteiger partial charge in [-0.2, -0.15) is 13.2 Å². The maximum atomic E-state index is 12.4. The van der Waals surface area contributed by atoms with E-state index in [2.05, 4.69) is 15.5 Å². The van der Waals surface area contributed by atoms with Gasteiger partial charge in [0.1, 0.15) is 11.5 Å². The SMILES string of the molecule is CCc1cc(C(=O)N[C@H](C)c2ccc(C(F)(F)F)nc2)no1. The third-order valence-corrected chi connectivity index (χ3v) is 3.06. The van der Waals surface area contributed by atoms with Crippen molar-refractivity contribution in [3.63, 3.8) is 0 Å². The van der Waals surface area contributed by atoms with Crippen LogP contribution in [0.4, 0.5) is 13.2 Å². The molecule has 1 atom stereocenters. The smallest absolute Gasteiger partial charge is 0.361 e. The molecular weight excluding hydrogens is 299 g/mol. The van der Waals surface area contributed by atoms with Crippen LogP contribution in [0.2, 0.25) is 0 Å². The Morgan fingerprint density at radius 1 is 1.41 bits per heavy atom. The highest BCUT2D eigenvalue weighted by Crippen LogP contribution is 2.27. The molecule has 1 N–H and O–H groups in total. The van der Waals surface area contributed by atoms with E-state index in [0.717, 1.165) is 12.3 Å². The first-order chi connectivity index (χ1) is 10.3. The second kappa shape index (κ2) is 6.17. The van der Waals surface area contributed by atoms with Crippen molar-refractivity contribution in [3.05, 3.63) is 47.1 Å². The van der Waals surface area contributed by atoms with Gasteiger partial charge in [-0.15, -0.1) is 0 Å². The number of carbonyl (C=O) groups excluding carboxylic acids is 1. The molecule has 2 heterocycles. The molecular formula is C14H14F3N3O2. The summed E-state index contributed by atoms with van der Waals surface area (Å²) in [5, 5.41) is 6.25. The van der Waals surface area contributed by atoms with Crippen LogP contribution in [-0.2, 0) is 12.6 Å². The summed E-state index contributed by atoms with van der Waals surface area (Å²) in [6, 6.07) is 3.17. The Hall–Kier alpha value is -2.38. The number of pyridine rings is 1. The lowest BCUT2D eigenvalue weighted by atomic mass is 10.1. The fraction of sp³-hybridized carbons (Fsp3) is 0.357. The summed E-state index contributed by atoms with van der Waals surface area (Å²) in [5.74, 6) is 0.116. The van der Waals surface area contributed by atoms with Crippen LogP contribution in [0.3, 0.4) is 0 Å². The lowest BCUT2D eigenvalue weighted by molar-refractivity contribution is -0.141. The molecule has 0 aromatic carbocycles. The standard InChI is InChI=1S/C14H14F3N3O2/c1-3-10-6-11(20-22-10)13(21)19-8(2)9-4-5-12(18-7-9)14(15,16)17/h4-8H,3H2,1-2H3,(H,19,21)/t8-/m1/s1. The van der Waals surface area contributed by atoms with E-state index in [4.69, 9.17) is 4.52 Å². The summed E-state index contributed by atoms with van der Waals surface area (Å²) in [6.45, 7) is 3.50. The van der Waals surface area contributed by atoms with Gasteiger partial charge < -0.3 is 9.84 Å². The van der Waals surface area contributed by atoms with Crippen molar-refractivity contribution >= 4 is 5.91 Å². The molecule has 0 spiro atoms. The minimum atomic E-state index is -4.48. The number of amides is 1. The monoisotopic (exact) mass is 313 g/mol. The molecule has 0 bridgehead atoms. The minimum absolute atomic E-state index is 0.128. The summed E-state index contributed by atoms with van der Waals surface area (Å²) in [4.78, 5) is 15.3. The third-order valence-electron chi connectivity index (χ3n) is 3.06. The average molecular weight is 313 g/mol. The largest absolute Gasteiger partial charge is 0.433 e. The predicted octanol–water partition coefficient (Wildman–Crippen LogP) is 3.14. The number of nitrogens with zero attached hydrogens (tertiary/aromatic N) is 2. The highest BCUT2D eigenvalue weighted by molar-refractivity contribution is 5.92. The van der Waals surface area contributed by atoms with Gasteiger partial charge >= 0.3 is 6.18 Å². The molecule has 0 unspecified atom stereocenters. The lowest BCUT2D eigenvalue weighted by Crippen LogP contribution is -2.27. The Kier molecular flexibility index (Phi) is 4.48. The van der Waals surface area contributed by atoms with Gasteiger partial charge in [-0.1, -0.05) is 18.1 Å². The van der Waals surface area contributed by atoms with Gasteiger partial charge in [-0.3, -0.25) is 9.78 Å². The lowest BCUT2D eigenvalue weighted by Gasteiger charge is -2.14. The maximum absolute atomic E-state index is 12.4. The van der Waals surface area contributed by atoms with Crippen LogP contribution in [0.5, 0.6) is 0 Å². The normalized spacial score (nSPS) is 13.0. The molecule has 0 radical (unpaired) electrons. The van der Waals surface area contributed by atoms with Gasteiger partial charge in [-0.25, -0.2) is 0 Å². The minimum Gasteiger partial charge on any atom is -0.361 e. The van der Waals surface area contributed by atoms with Crippen LogP contribution < -0.4 is 5.32 Å². The second-order valence-electron chi connectivity index (χ2n) is 4.70. The number of aryl methyl sites for hydroxylation is 1. The summed E-state index contributed by atoms with van der Waals surface area (Å²) in [6.07, 6.45) is -2.78. The molecule has 0 aliphatic carbocycles. The fourth-order valence-corrected chi connectivity index (χ4v) is 1.77. The van der Waals surface area contributed by atoms with Crippen LogP contribution in [-0.4, -0.2) is 16.0 Å².